The number of ether oxygens (including phenoxy) is 1. The van der Waals surface area contributed by atoms with Crippen LogP contribution in [0.1, 0.15) is 40.0 Å². The quantitative estimate of drug-likeness (QED) is 0.743. The van der Waals surface area contributed by atoms with E-state index in [1.165, 1.54) is 25.8 Å². The summed E-state index contributed by atoms with van der Waals surface area (Å²) < 4.78 is 5.72. The van der Waals surface area contributed by atoms with Gasteiger partial charge in [-0.3, -0.25) is 4.90 Å². The predicted octanol–water partition coefficient (Wildman–Crippen LogP) is 1.87. The molecule has 1 aliphatic carbocycles. The van der Waals surface area contributed by atoms with Crippen molar-refractivity contribution < 1.29 is 4.74 Å². The third-order valence-electron chi connectivity index (χ3n) is 4.29. The van der Waals surface area contributed by atoms with Gasteiger partial charge in [-0.1, -0.05) is 6.92 Å². The van der Waals surface area contributed by atoms with Gasteiger partial charge in [0.25, 0.3) is 0 Å². The molecule has 0 aromatic carbocycles. The fraction of sp³-hybridized carbons (Fsp3) is 1.00. The lowest BCUT2D eigenvalue weighted by Crippen LogP contribution is -2.58. The summed E-state index contributed by atoms with van der Waals surface area (Å²) in [5.74, 6) is 0.870. The number of hydrogen-bond donors (Lipinski definition) is 1. The van der Waals surface area contributed by atoms with Crippen molar-refractivity contribution in [2.24, 2.45) is 5.92 Å². The molecule has 17 heavy (non-hydrogen) atoms. The summed E-state index contributed by atoms with van der Waals surface area (Å²) in [5, 5.41) is 3.57. The normalized spacial score (nSPS) is 39.0. The molecule has 1 aliphatic heterocycles. The molecule has 1 heterocycles. The van der Waals surface area contributed by atoms with Crippen LogP contribution in [0.25, 0.3) is 0 Å². The lowest BCUT2D eigenvalue weighted by molar-refractivity contribution is -0.0925. The highest BCUT2D eigenvalue weighted by atomic mass is 16.5. The van der Waals surface area contributed by atoms with Crippen LogP contribution < -0.4 is 5.32 Å². The Labute approximate surface area is 106 Å². The van der Waals surface area contributed by atoms with Gasteiger partial charge in [0, 0.05) is 18.6 Å². The first-order chi connectivity index (χ1) is 8.22. The maximum absolute atomic E-state index is 5.72. The van der Waals surface area contributed by atoms with Gasteiger partial charge in [0.15, 0.2) is 0 Å². The molecule has 0 amide bonds. The van der Waals surface area contributed by atoms with Crippen molar-refractivity contribution in [1.29, 1.82) is 0 Å². The van der Waals surface area contributed by atoms with Gasteiger partial charge in [0.1, 0.15) is 0 Å². The predicted molar refractivity (Wildman–Crippen MR) is 71.3 cm³/mol. The van der Waals surface area contributed by atoms with Crippen molar-refractivity contribution in [3.05, 3.63) is 0 Å². The minimum Gasteiger partial charge on any atom is -0.376 e. The van der Waals surface area contributed by atoms with Crippen LogP contribution in [0.3, 0.4) is 0 Å². The Hall–Kier alpha value is -0.120. The Morgan fingerprint density at radius 2 is 2.12 bits per heavy atom. The van der Waals surface area contributed by atoms with Gasteiger partial charge in [-0.15, -0.1) is 0 Å². The third kappa shape index (κ3) is 3.21. The molecular formula is C14H28N2O. The topological polar surface area (TPSA) is 24.5 Å². The number of nitrogens with one attached hydrogen (secondary N) is 1. The van der Waals surface area contributed by atoms with Gasteiger partial charge >= 0.3 is 0 Å². The molecule has 1 N–H and O–H groups in total. The molecule has 0 aromatic heterocycles. The van der Waals surface area contributed by atoms with Crippen molar-refractivity contribution >= 4 is 0 Å². The lowest BCUT2D eigenvalue weighted by Gasteiger charge is -2.50. The summed E-state index contributed by atoms with van der Waals surface area (Å²) in [6, 6.07) is 1.41. The number of rotatable bonds is 5. The van der Waals surface area contributed by atoms with E-state index in [1.807, 2.05) is 0 Å². The summed E-state index contributed by atoms with van der Waals surface area (Å²) in [5.41, 5.74) is 0. The van der Waals surface area contributed by atoms with E-state index in [-0.39, 0.29) is 0 Å². The second-order valence-electron chi connectivity index (χ2n) is 5.80. The number of morpholine rings is 1. The van der Waals surface area contributed by atoms with Gasteiger partial charge in [0.05, 0.1) is 12.7 Å². The molecule has 2 aliphatic rings. The second kappa shape index (κ2) is 6.17. The minimum atomic E-state index is 0.413. The molecule has 2 fully saturated rings. The molecule has 1 saturated carbocycles. The van der Waals surface area contributed by atoms with E-state index in [9.17, 15) is 0 Å². The molecule has 3 heteroatoms. The van der Waals surface area contributed by atoms with Crippen molar-refractivity contribution in [2.45, 2.75) is 58.2 Å². The molecule has 100 valence electrons. The van der Waals surface area contributed by atoms with Crippen LogP contribution >= 0.6 is 0 Å². The summed E-state index contributed by atoms with van der Waals surface area (Å²) in [4.78, 5) is 2.69. The van der Waals surface area contributed by atoms with E-state index in [0.717, 1.165) is 31.7 Å². The molecular weight excluding hydrogens is 212 g/mol. The van der Waals surface area contributed by atoms with Gasteiger partial charge < -0.3 is 10.1 Å². The Balaban J connectivity index is 1.80. The number of nitrogens with zero attached hydrogens (tertiary/aromatic N) is 1. The van der Waals surface area contributed by atoms with Crippen molar-refractivity contribution in [2.75, 3.05) is 26.2 Å². The largest absolute Gasteiger partial charge is 0.376 e. The van der Waals surface area contributed by atoms with Gasteiger partial charge in [-0.25, -0.2) is 0 Å². The maximum atomic E-state index is 5.72. The first kappa shape index (κ1) is 13.3. The van der Waals surface area contributed by atoms with Gasteiger partial charge in [0.2, 0.25) is 0 Å². The van der Waals surface area contributed by atoms with Crippen LogP contribution in [-0.4, -0.2) is 49.3 Å². The molecule has 4 unspecified atom stereocenters. The Morgan fingerprint density at radius 3 is 2.76 bits per heavy atom. The molecule has 2 rings (SSSR count). The fourth-order valence-electron chi connectivity index (χ4n) is 3.08. The van der Waals surface area contributed by atoms with E-state index in [4.69, 9.17) is 4.74 Å². The molecule has 0 aromatic rings. The summed E-state index contributed by atoms with van der Waals surface area (Å²) in [6.45, 7) is 11.1. The van der Waals surface area contributed by atoms with Gasteiger partial charge in [-0.05, 0) is 52.1 Å². The standard InChI is InChI=1S/C14H28N2O/c1-4-7-15-8-13-5-6-14(13)16-9-12(3)17-10-11(16)2/h11-15H,4-10H2,1-3H3. The zero-order valence-electron chi connectivity index (χ0n) is 11.6. The SMILES string of the molecule is CCCNCC1CCC1N1CC(C)OCC1C. The lowest BCUT2D eigenvalue weighted by atomic mass is 9.77. The van der Waals surface area contributed by atoms with Crippen LogP contribution in [-0.2, 0) is 4.74 Å². The van der Waals surface area contributed by atoms with Crippen LogP contribution in [0.2, 0.25) is 0 Å². The smallest absolute Gasteiger partial charge is 0.0674 e. The monoisotopic (exact) mass is 240 g/mol. The Bertz CT molecular complexity index is 234. The average molecular weight is 240 g/mol. The molecule has 0 spiro atoms. The molecule has 1 saturated heterocycles. The van der Waals surface area contributed by atoms with Gasteiger partial charge in [-0.2, -0.15) is 0 Å². The zero-order valence-corrected chi connectivity index (χ0v) is 11.6. The van der Waals surface area contributed by atoms with Crippen LogP contribution in [0.4, 0.5) is 0 Å². The summed E-state index contributed by atoms with van der Waals surface area (Å²) in [7, 11) is 0. The van der Waals surface area contributed by atoms with Crippen LogP contribution in [0.5, 0.6) is 0 Å². The number of hydrogen-bond acceptors (Lipinski definition) is 3. The summed E-state index contributed by atoms with van der Waals surface area (Å²) >= 11 is 0. The highest BCUT2D eigenvalue weighted by molar-refractivity contribution is 4.93. The van der Waals surface area contributed by atoms with Crippen molar-refractivity contribution in [3.8, 4) is 0 Å². The average Bonchev–Trinajstić information content (AvgIpc) is 2.28. The van der Waals surface area contributed by atoms with Crippen LogP contribution in [0, 0.1) is 5.92 Å². The third-order valence-corrected chi connectivity index (χ3v) is 4.29. The zero-order chi connectivity index (χ0) is 12.3. The van der Waals surface area contributed by atoms with Crippen molar-refractivity contribution in [1.82, 2.24) is 10.2 Å². The first-order valence-electron chi connectivity index (χ1n) is 7.30. The first-order valence-corrected chi connectivity index (χ1v) is 7.30. The highest BCUT2D eigenvalue weighted by Gasteiger charge is 2.39. The Morgan fingerprint density at radius 1 is 1.29 bits per heavy atom. The van der Waals surface area contributed by atoms with E-state index in [1.54, 1.807) is 0 Å². The molecule has 0 bridgehead atoms. The van der Waals surface area contributed by atoms with E-state index >= 15 is 0 Å². The van der Waals surface area contributed by atoms with Crippen LogP contribution in [0.15, 0.2) is 0 Å². The molecule has 3 nitrogen and oxygen atoms in total. The minimum absolute atomic E-state index is 0.413. The fourth-order valence-corrected chi connectivity index (χ4v) is 3.08. The maximum Gasteiger partial charge on any atom is 0.0674 e. The van der Waals surface area contributed by atoms with E-state index in [2.05, 4.69) is 31.0 Å². The highest BCUT2D eigenvalue weighted by Crippen LogP contribution is 2.34. The Kier molecular flexibility index (Phi) is 4.83. The molecule has 4 atom stereocenters. The van der Waals surface area contributed by atoms with Crippen molar-refractivity contribution in [3.63, 3.8) is 0 Å². The second-order valence-corrected chi connectivity index (χ2v) is 5.80. The van der Waals surface area contributed by atoms with E-state index < -0.39 is 0 Å². The van der Waals surface area contributed by atoms with E-state index in [0.29, 0.717) is 12.1 Å². The summed E-state index contributed by atoms with van der Waals surface area (Å²) in [6.07, 6.45) is 4.44. The molecule has 0 radical (unpaired) electrons.